The average Bonchev–Trinajstić information content (AvgIpc) is 2.88. The van der Waals surface area contributed by atoms with Gasteiger partial charge in [0.05, 0.1) is 11.6 Å². The van der Waals surface area contributed by atoms with Crippen molar-refractivity contribution >= 4 is 17.5 Å². The maximum atomic E-state index is 14.7. The Morgan fingerprint density at radius 2 is 1.79 bits per heavy atom. The molecule has 39 heavy (non-hydrogen) atoms. The van der Waals surface area contributed by atoms with Crippen molar-refractivity contribution in [1.29, 1.82) is 0 Å². The number of benzene rings is 1. The van der Waals surface area contributed by atoms with Gasteiger partial charge in [0.1, 0.15) is 24.1 Å². The molecule has 10 heteroatoms. The number of hydrogen-bond acceptors (Lipinski definition) is 7. The Balaban J connectivity index is 1.57. The maximum absolute atomic E-state index is 14.7. The highest BCUT2D eigenvalue weighted by Crippen LogP contribution is 2.32. The lowest BCUT2D eigenvalue weighted by molar-refractivity contribution is 0.0294. The lowest BCUT2D eigenvalue weighted by Gasteiger charge is -2.38. The standard InChI is InChI=1S/C29H39F3N6O/c1-17(2)38-12-10-21(11-13-38)18(3)29(39-22-14-37(6)15-22)36-28-19(4)27(33-16-34-28)35-20(5)23-8-7-9-24(25(23)30)26(31)32/h7-9,16-17,20-22,26H,3,10-15H2,1-2,4-6H3,(H,33,34,35)/b36-29+/t20-/m1/s1. The fraction of sp³-hybridized carbons (Fsp3) is 0.552. The van der Waals surface area contributed by atoms with Gasteiger partial charge in [-0.25, -0.2) is 23.1 Å². The first-order chi connectivity index (χ1) is 18.5. The van der Waals surface area contributed by atoms with Crippen LogP contribution >= 0.6 is 0 Å². The Kier molecular flexibility index (Phi) is 9.27. The van der Waals surface area contributed by atoms with Crippen LogP contribution in [0.5, 0.6) is 0 Å². The Bertz CT molecular complexity index is 1190. The van der Waals surface area contributed by atoms with Crippen molar-refractivity contribution in [2.75, 3.05) is 38.5 Å². The van der Waals surface area contributed by atoms with E-state index in [2.05, 4.69) is 45.5 Å². The van der Waals surface area contributed by atoms with E-state index in [-0.39, 0.29) is 17.6 Å². The summed E-state index contributed by atoms with van der Waals surface area (Å²) in [5.41, 5.74) is 1.03. The number of aliphatic imine (C=N–C) groups is 1. The molecule has 212 valence electrons. The third-order valence-electron chi connectivity index (χ3n) is 7.71. The maximum Gasteiger partial charge on any atom is 0.266 e. The van der Waals surface area contributed by atoms with Crippen molar-refractivity contribution in [3.8, 4) is 0 Å². The van der Waals surface area contributed by atoms with Crippen LogP contribution in [0.3, 0.4) is 0 Å². The molecule has 0 unspecified atom stereocenters. The van der Waals surface area contributed by atoms with Crippen LogP contribution in [0.1, 0.15) is 62.8 Å². The molecule has 0 bridgehead atoms. The lowest BCUT2D eigenvalue weighted by Crippen LogP contribution is -2.50. The lowest BCUT2D eigenvalue weighted by atomic mass is 9.89. The fourth-order valence-corrected chi connectivity index (χ4v) is 5.14. The Morgan fingerprint density at radius 3 is 2.41 bits per heavy atom. The summed E-state index contributed by atoms with van der Waals surface area (Å²) in [6, 6.07) is 3.91. The molecule has 3 heterocycles. The highest BCUT2D eigenvalue weighted by Gasteiger charge is 2.31. The van der Waals surface area contributed by atoms with Crippen molar-refractivity contribution < 1.29 is 17.9 Å². The van der Waals surface area contributed by atoms with Gasteiger partial charge in [-0.1, -0.05) is 24.8 Å². The molecule has 2 aliphatic rings. The second-order valence-electron chi connectivity index (χ2n) is 10.9. The minimum atomic E-state index is -2.89. The molecule has 1 aromatic carbocycles. The summed E-state index contributed by atoms with van der Waals surface area (Å²) in [5.74, 6) is 0.703. The number of halogens is 3. The van der Waals surface area contributed by atoms with Gasteiger partial charge in [-0.2, -0.15) is 4.99 Å². The van der Waals surface area contributed by atoms with Gasteiger partial charge in [-0.15, -0.1) is 0 Å². The molecule has 1 aromatic heterocycles. The zero-order valence-electron chi connectivity index (χ0n) is 23.4. The van der Waals surface area contributed by atoms with Crippen LogP contribution in [0, 0.1) is 18.7 Å². The molecule has 0 saturated carbocycles. The largest absolute Gasteiger partial charge is 0.471 e. The summed E-state index contributed by atoms with van der Waals surface area (Å²) < 4.78 is 47.5. The Hall–Kier alpha value is -2.98. The molecule has 7 nitrogen and oxygen atoms in total. The first-order valence-corrected chi connectivity index (χ1v) is 13.6. The monoisotopic (exact) mass is 544 g/mol. The molecule has 0 spiro atoms. The molecule has 0 amide bonds. The quantitative estimate of drug-likeness (QED) is 0.305. The normalized spacial score (nSPS) is 18.9. The van der Waals surface area contributed by atoms with Crippen LogP contribution in [0.2, 0.25) is 0 Å². The Labute approximate surface area is 229 Å². The summed E-state index contributed by atoms with van der Waals surface area (Å²) in [7, 11) is 2.04. The van der Waals surface area contributed by atoms with Gasteiger partial charge in [0.25, 0.3) is 6.43 Å². The molecule has 4 rings (SSSR count). The minimum Gasteiger partial charge on any atom is -0.471 e. The third-order valence-corrected chi connectivity index (χ3v) is 7.71. The highest BCUT2D eigenvalue weighted by molar-refractivity contribution is 5.95. The molecular formula is C29H39F3N6O. The molecule has 0 aliphatic carbocycles. The van der Waals surface area contributed by atoms with E-state index in [0.29, 0.717) is 29.1 Å². The van der Waals surface area contributed by atoms with Crippen molar-refractivity contribution in [3.05, 3.63) is 59.2 Å². The van der Waals surface area contributed by atoms with E-state index in [1.54, 1.807) is 6.92 Å². The van der Waals surface area contributed by atoms with Crippen LogP contribution in [-0.4, -0.2) is 71.0 Å². The summed E-state index contributed by atoms with van der Waals surface area (Å²) in [6.45, 7) is 16.0. The number of likely N-dealkylation sites (N-methyl/N-ethyl adjacent to an activating group) is 1. The van der Waals surface area contributed by atoms with Gasteiger partial charge in [-0.05, 0) is 66.6 Å². The molecule has 1 atom stereocenters. The van der Waals surface area contributed by atoms with E-state index in [9.17, 15) is 13.2 Å². The van der Waals surface area contributed by atoms with Crippen molar-refractivity contribution in [2.24, 2.45) is 10.9 Å². The molecule has 0 radical (unpaired) electrons. The van der Waals surface area contributed by atoms with E-state index in [1.165, 1.54) is 18.5 Å². The number of aromatic nitrogens is 2. The summed E-state index contributed by atoms with van der Waals surface area (Å²) >= 11 is 0. The molecule has 1 N–H and O–H groups in total. The van der Waals surface area contributed by atoms with E-state index in [4.69, 9.17) is 9.73 Å². The van der Waals surface area contributed by atoms with E-state index >= 15 is 0 Å². The number of piperidine rings is 1. The highest BCUT2D eigenvalue weighted by atomic mass is 19.3. The summed E-state index contributed by atoms with van der Waals surface area (Å²) in [4.78, 5) is 18.2. The predicted molar refractivity (Wildman–Crippen MR) is 148 cm³/mol. The SMILES string of the molecule is C=C(/C(=N\c1ncnc(N[C@H](C)c2cccc(C(F)F)c2F)c1C)OC1CN(C)C1)C1CCN(C(C)C)CC1. The number of ether oxygens (including phenoxy) is 1. The number of nitrogens with one attached hydrogen (secondary N) is 1. The topological polar surface area (TPSA) is 65.9 Å². The molecule has 2 fully saturated rings. The van der Waals surface area contributed by atoms with Crippen LogP contribution in [0.15, 0.2) is 41.7 Å². The first kappa shape index (κ1) is 29.0. The molecule has 2 aromatic rings. The van der Waals surface area contributed by atoms with Crippen molar-refractivity contribution in [3.63, 3.8) is 0 Å². The molecule has 2 saturated heterocycles. The van der Waals surface area contributed by atoms with Crippen molar-refractivity contribution in [1.82, 2.24) is 19.8 Å². The summed E-state index contributed by atoms with van der Waals surface area (Å²) in [6.07, 6.45) is 0.496. The van der Waals surface area contributed by atoms with Gasteiger partial charge >= 0.3 is 0 Å². The van der Waals surface area contributed by atoms with Gasteiger partial charge in [0, 0.05) is 35.8 Å². The predicted octanol–water partition coefficient (Wildman–Crippen LogP) is 6.07. The van der Waals surface area contributed by atoms with Gasteiger partial charge in [-0.3, -0.25) is 4.90 Å². The van der Waals surface area contributed by atoms with E-state index < -0.39 is 23.8 Å². The zero-order valence-corrected chi connectivity index (χ0v) is 23.4. The van der Waals surface area contributed by atoms with E-state index in [0.717, 1.165) is 50.7 Å². The number of likely N-dealkylation sites (tertiary alicyclic amines) is 2. The number of rotatable bonds is 9. The van der Waals surface area contributed by atoms with Gasteiger partial charge < -0.3 is 15.0 Å². The van der Waals surface area contributed by atoms with Crippen LogP contribution in [-0.2, 0) is 4.74 Å². The van der Waals surface area contributed by atoms with Gasteiger partial charge in [0.15, 0.2) is 5.82 Å². The third kappa shape index (κ3) is 6.78. The first-order valence-electron chi connectivity index (χ1n) is 13.6. The second-order valence-corrected chi connectivity index (χ2v) is 10.9. The smallest absolute Gasteiger partial charge is 0.266 e. The van der Waals surface area contributed by atoms with Gasteiger partial charge in [0.2, 0.25) is 5.90 Å². The van der Waals surface area contributed by atoms with E-state index in [1.807, 2.05) is 14.0 Å². The average molecular weight is 545 g/mol. The number of nitrogens with zero attached hydrogens (tertiary/aromatic N) is 5. The molecular weight excluding hydrogens is 505 g/mol. The zero-order chi connectivity index (χ0) is 28.3. The fourth-order valence-electron chi connectivity index (χ4n) is 5.14. The van der Waals surface area contributed by atoms with Crippen LogP contribution in [0.25, 0.3) is 0 Å². The van der Waals surface area contributed by atoms with Crippen LogP contribution < -0.4 is 5.32 Å². The van der Waals surface area contributed by atoms with Crippen LogP contribution in [0.4, 0.5) is 24.8 Å². The van der Waals surface area contributed by atoms with Crippen molar-refractivity contribution in [2.45, 2.75) is 65.1 Å². The number of anilines is 1. The number of hydrogen-bond donors (Lipinski definition) is 1. The molecule has 2 aliphatic heterocycles. The Morgan fingerprint density at radius 1 is 1.13 bits per heavy atom. The summed E-state index contributed by atoms with van der Waals surface area (Å²) in [5, 5.41) is 3.14. The number of alkyl halides is 2. The second kappa shape index (κ2) is 12.5. The minimum absolute atomic E-state index is 0.0334.